The van der Waals surface area contributed by atoms with Crippen molar-refractivity contribution in [3.05, 3.63) is 54.1 Å². The first kappa shape index (κ1) is 15.4. The van der Waals surface area contributed by atoms with E-state index in [1.165, 1.54) is 0 Å². The summed E-state index contributed by atoms with van der Waals surface area (Å²) >= 11 is 0. The molecule has 2 aromatic rings. The molecule has 1 heterocycles. The SMILES string of the molecule is CC[C@@H](C)c1ccccc1NC(=O)[C@H]1COc2ccccc2O1. The Hall–Kier alpha value is -2.49. The van der Waals surface area contributed by atoms with Crippen molar-refractivity contribution in [1.29, 1.82) is 0 Å². The largest absolute Gasteiger partial charge is 0.485 e. The maximum absolute atomic E-state index is 12.5. The number of fused-ring (bicyclic) bond motifs is 1. The van der Waals surface area contributed by atoms with Crippen LogP contribution >= 0.6 is 0 Å². The normalized spacial score (nSPS) is 17.4. The summed E-state index contributed by atoms with van der Waals surface area (Å²) in [5, 5.41) is 2.98. The zero-order valence-corrected chi connectivity index (χ0v) is 13.4. The molecule has 2 aromatic carbocycles. The summed E-state index contributed by atoms with van der Waals surface area (Å²) in [7, 11) is 0. The maximum Gasteiger partial charge on any atom is 0.269 e. The summed E-state index contributed by atoms with van der Waals surface area (Å²) in [6, 6.07) is 15.3. The van der Waals surface area contributed by atoms with Crippen molar-refractivity contribution in [3.8, 4) is 11.5 Å². The highest BCUT2D eigenvalue weighted by molar-refractivity contribution is 5.95. The molecule has 23 heavy (non-hydrogen) atoms. The molecule has 1 N–H and O–H groups in total. The van der Waals surface area contributed by atoms with Crippen LogP contribution in [0.4, 0.5) is 5.69 Å². The van der Waals surface area contributed by atoms with E-state index < -0.39 is 6.10 Å². The first-order chi connectivity index (χ1) is 11.2. The van der Waals surface area contributed by atoms with Crippen molar-refractivity contribution in [1.82, 2.24) is 0 Å². The van der Waals surface area contributed by atoms with Crippen LogP contribution < -0.4 is 14.8 Å². The van der Waals surface area contributed by atoms with Crippen molar-refractivity contribution in [2.75, 3.05) is 11.9 Å². The van der Waals surface area contributed by atoms with Crippen LogP contribution in [0.1, 0.15) is 31.7 Å². The van der Waals surface area contributed by atoms with Crippen LogP contribution in [-0.2, 0) is 4.79 Å². The summed E-state index contributed by atoms with van der Waals surface area (Å²) in [4.78, 5) is 12.5. The first-order valence-electron chi connectivity index (χ1n) is 7.97. The summed E-state index contributed by atoms with van der Waals surface area (Å²) < 4.78 is 11.4. The molecule has 1 aliphatic rings. The average Bonchev–Trinajstić information content (AvgIpc) is 2.61. The number of carbonyl (C=O) groups is 1. The zero-order chi connectivity index (χ0) is 16.2. The van der Waals surface area contributed by atoms with E-state index in [9.17, 15) is 4.79 Å². The van der Waals surface area contributed by atoms with E-state index in [-0.39, 0.29) is 12.5 Å². The maximum atomic E-state index is 12.5. The van der Waals surface area contributed by atoms with Gasteiger partial charge < -0.3 is 14.8 Å². The van der Waals surface area contributed by atoms with Crippen molar-refractivity contribution >= 4 is 11.6 Å². The molecule has 1 amide bonds. The highest BCUT2D eigenvalue weighted by atomic mass is 16.6. The Morgan fingerprint density at radius 3 is 2.65 bits per heavy atom. The fraction of sp³-hybridized carbons (Fsp3) is 0.316. The minimum absolute atomic E-state index is 0.185. The summed E-state index contributed by atoms with van der Waals surface area (Å²) in [5.41, 5.74) is 1.98. The number of rotatable bonds is 4. The van der Waals surface area contributed by atoms with Gasteiger partial charge in [-0.25, -0.2) is 0 Å². The quantitative estimate of drug-likeness (QED) is 0.929. The second kappa shape index (κ2) is 6.73. The van der Waals surface area contributed by atoms with Crippen LogP contribution in [0.3, 0.4) is 0 Å². The Morgan fingerprint density at radius 2 is 1.87 bits per heavy atom. The summed E-state index contributed by atoms with van der Waals surface area (Å²) in [6.45, 7) is 4.51. The Kier molecular flexibility index (Phi) is 4.51. The fourth-order valence-corrected chi connectivity index (χ4v) is 2.62. The van der Waals surface area contributed by atoms with Crippen molar-refractivity contribution in [3.63, 3.8) is 0 Å². The predicted octanol–water partition coefficient (Wildman–Crippen LogP) is 3.98. The van der Waals surface area contributed by atoms with E-state index >= 15 is 0 Å². The van der Waals surface area contributed by atoms with Gasteiger partial charge in [0, 0.05) is 5.69 Å². The molecular formula is C19H21NO3. The minimum Gasteiger partial charge on any atom is -0.485 e. The molecule has 0 saturated heterocycles. The van der Waals surface area contributed by atoms with E-state index in [1.807, 2.05) is 42.5 Å². The molecule has 4 nitrogen and oxygen atoms in total. The average molecular weight is 311 g/mol. The number of hydrogen-bond donors (Lipinski definition) is 1. The second-order valence-electron chi connectivity index (χ2n) is 5.75. The molecule has 1 aliphatic heterocycles. The van der Waals surface area contributed by atoms with E-state index in [2.05, 4.69) is 25.2 Å². The highest BCUT2D eigenvalue weighted by Crippen LogP contribution is 2.32. The lowest BCUT2D eigenvalue weighted by Gasteiger charge is -2.26. The molecule has 0 radical (unpaired) electrons. The lowest BCUT2D eigenvalue weighted by molar-refractivity contribution is -0.125. The van der Waals surface area contributed by atoms with Gasteiger partial charge in [-0.3, -0.25) is 4.79 Å². The van der Waals surface area contributed by atoms with Gasteiger partial charge in [0.1, 0.15) is 6.61 Å². The Bertz CT molecular complexity index is 699. The summed E-state index contributed by atoms with van der Waals surface area (Å²) in [5.74, 6) is 1.48. The van der Waals surface area contributed by atoms with Crippen molar-refractivity contribution in [2.24, 2.45) is 0 Å². The van der Waals surface area contributed by atoms with Crippen LogP contribution in [0.5, 0.6) is 11.5 Å². The topological polar surface area (TPSA) is 47.6 Å². The molecule has 0 saturated carbocycles. The minimum atomic E-state index is -0.644. The smallest absolute Gasteiger partial charge is 0.269 e. The van der Waals surface area contributed by atoms with Gasteiger partial charge in [-0.2, -0.15) is 0 Å². The molecular weight excluding hydrogens is 290 g/mol. The van der Waals surface area contributed by atoms with Gasteiger partial charge in [-0.15, -0.1) is 0 Å². The Labute approximate surface area is 136 Å². The van der Waals surface area contributed by atoms with E-state index in [0.29, 0.717) is 17.4 Å². The van der Waals surface area contributed by atoms with Gasteiger partial charge in [0.25, 0.3) is 5.91 Å². The third kappa shape index (κ3) is 3.31. The molecule has 0 fully saturated rings. The third-order valence-electron chi connectivity index (χ3n) is 4.16. The fourth-order valence-electron chi connectivity index (χ4n) is 2.62. The van der Waals surface area contributed by atoms with E-state index in [4.69, 9.17) is 9.47 Å². The van der Waals surface area contributed by atoms with Crippen LogP contribution in [0.15, 0.2) is 48.5 Å². The van der Waals surface area contributed by atoms with Crippen LogP contribution in [0.25, 0.3) is 0 Å². The van der Waals surface area contributed by atoms with Crippen LogP contribution in [-0.4, -0.2) is 18.6 Å². The molecule has 0 aliphatic carbocycles. The third-order valence-corrected chi connectivity index (χ3v) is 4.16. The molecule has 0 spiro atoms. The lowest BCUT2D eigenvalue weighted by Crippen LogP contribution is -2.40. The number of anilines is 1. The number of ether oxygens (including phenoxy) is 2. The molecule has 0 aromatic heterocycles. The van der Waals surface area contributed by atoms with Crippen molar-refractivity contribution in [2.45, 2.75) is 32.3 Å². The lowest BCUT2D eigenvalue weighted by atomic mass is 9.97. The van der Waals surface area contributed by atoms with E-state index in [0.717, 1.165) is 17.7 Å². The van der Waals surface area contributed by atoms with Crippen LogP contribution in [0.2, 0.25) is 0 Å². The van der Waals surface area contributed by atoms with Gasteiger partial charge in [-0.05, 0) is 36.1 Å². The van der Waals surface area contributed by atoms with Crippen molar-refractivity contribution < 1.29 is 14.3 Å². The Balaban J connectivity index is 1.74. The number of nitrogens with one attached hydrogen (secondary N) is 1. The number of hydrogen-bond acceptors (Lipinski definition) is 3. The number of para-hydroxylation sites is 3. The zero-order valence-electron chi connectivity index (χ0n) is 13.4. The molecule has 2 atom stereocenters. The standard InChI is InChI=1S/C19H21NO3/c1-3-13(2)14-8-4-5-9-15(14)20-19(21)18-12-22-16-10-6-7-11-17(16)23-18/h4-11,13,18H,3,12H2,1-2H3,(H,20,21)/t13-,18-/m1/s1. The van der Waals surface area contributed by atoms with Gasteiger partial charge in [0.15, 0.2) is 11.5 Å². The summed E-state index contributed by atoms with van der Waals surface area (Å²) in [6.07, 6.45) is 0.374. The molecule has 4 heteroatoms. The highest BCUT2D eigenvalue weighted by Gasteiger charge is 2.27. The number of amides is 1. The van der Waals surface area contributed by atoms with Gasteiger partial charge in [0.05, 0.1) is 0 Å². The van der Waals surface area contributed by atoms with Gasteiger partial charge in [0.2, 0.25) is 6.10 Å². The number of carbonyl (C=O) groups excluding carboxylic acids is 1. The van der Waals surface area contributed by atoms with Gasteiger partial charge in [-0.1, -0.05) is 44.2 Å². The molecule has 0 bridgehead atoms. The monoisotopic (exact) mass is 311 g/mol. The Morgan fingerprint density at radius 1 is 1.17 bits per heavy atom. The second-order valence-corrected chi connectivity index (χ2v) is 5.75. The predicted molar refractivity (Wildman–Crippen MR) is 90.1 cm³/mol. The van der Waals surface area contributed by atoms with E-state index in [1.54, 1.807) is 0 Å². The number of benzene rings is 2. The molecule has 0 unspecified atom stereocenters. The molecule has 3 rings (SSSR count). The van der Waals surface area contributed by atoms with Crippen LogP contribution in [0, 0.1) is 0 Å². The molecule has 120 valence electrons. The van der Waals surface area contributed by atoms with Gasteiger partial charge >= 0.3 is 0 Å². The first-order valence-corrected chi connectivity index (χ1v) is 7.97.